The van der Waals surface area contributed by atoms with E-state index in [1.54, 1.807) is 12.3 Å². The van der Waals surface area contributed by atoms with Crippen LogP contribution in [0.5, 0.6) is 0 Å². The molecule has 3 aromatic rings. The third-order valence-corrected chi connectivity index (χ3v) is 6.03. The molecule has 3 heterocycles. The zero-order valence-electron chi connectivity index (χ0n) is 15.8. The number of rotatable bonds is 5. The molecule has 1 aliphatic rings. The van der Waals surface area contributed by atoms with E-state index in [4.69, 9.17) is 4.42 Å². The Morgan fingerprint density at radius 1 is 1.37 bits per heavy atom. The van der Waals surface area contributed by atoms with Gasteiger partial charge in [0.25, 0.3) is 5.91 Å². The highest BCUT2D eigenvalue weighted by molar-refractivity contribution is 7.15. The van der Waals surface area contributed by atoms with Gasteiger partial charge in [-0.3, -0.25) is 10.1 Å². The second kappa shape index (κ2) is 7.19. The smallest absolute Gasteiger partial charge is 0.261 e. The minimum absolute atomic E-state index is 0.171. The number of hydrogen-bond donors (Lipinski definition) is 1. The fraction of sp³-hybridized carbons (Fsp3) is 0.333. The van der Waals surface area contributed by atoms with Gasteiger partial charge in [-0.25, -0.2) is 4.98 Å². The van der Waals surface area contributed by atoms with E-state index in [-0.39, 0.29) is 5.91 Å². The lowest BCUT2D eigenvalue weighted by molar-refractivity contribution is 0.102. The minimum atomic E-state index is -0.171. The van der Waals surface area contributed by atoms with Crippen molar-refractivity contribution >= 4 is 28.1 Å². The van der Waals surface area contributed by atoms with Gasteiger partial charge < -0.3 is 9.32 Å². The number of para-hydroxylation sites is 1. The standard InChI is InChI=1S/C21H23N3O2S/c1-4-17-14(3)27-21(22-17)23-20(25)16-9-10-26-19(16)12-24-13(2)11-15-7-5-6-8-18(15)24/h5-10,13H,4,11-12H2,1-3H3,(H,22,23,25). The molecule has 4 rings (SSSR count). The first-order chi connectivity index (χ1) is 13.1. The number of fused-ring (bicyclic) bond motifs is 1. The molecule has 1 aliphatic heterocycles. The summed E-state index contributed by atoms with van der Waals surface area (Å²) < 4.78 is 5.68. The molecule has 1 aromatic carbocycles. The third kappa shape index (κ3) is 3.37. The Hall–Kier alpha value is -2.60. The number of amides is 1. The van der Waals surface area contributed by atoms with Crippen molar-refractivity contribution in [2.75, 3.05) is 10.2 Å². The second-order valence-electron chi connectivity index (χ2n) is 6.90. The van der Waals surface area contributed by atoms with Crippen LogP contribution in [-0.2, 0) is 19.4 Å². The van der Waals surface area contributed by atoms with E-state index < -0.39 is 0 Å². The van der Waals surface area contributed by atoms with E-state index >= 15 is 0 Å². The molecular formula is C21H23N3O2S. The van der Waals surface area contributed by atoms with E-state index in [9.17, 15) is 4.79 Å². The van der Waals surface area contributed by atoms with Gasteiger partial charge in [0.05, 0.1) is 24.1 Å². The third-order valence-electron chi connectivity index (χ3n) is 5.10. The normalized spacial score (nSPS) is 15.8. The van der Waals surface area contributed by atoms with E-state index in [1.165, 1.54) is 22.6 Å². The number of nitrogens with zero attached hydrogens (tertiary/aromatic N) is 2. The average molecular weight is 382 g/mol. The lowest BCUT2D eigenvalue weighted by atomic mass is 10.1. The fourth-order valence-corrected chi connectivity index (χ4v) is 4.56. The van der Waals surface area contributed by atoms with Gasteiger partial charge in [0, 0.05) is 16.6 Å². The predicted octanol–water partition coefficient (Wildman–Crippen LogP) is 4.81. The molecule has 0 radical (unpaired) electrons. The Balaban J connectivity index is 1.53. The maximum atomic E-state index is 12.8. The van der Waals surface area contributed by atoms with Crippen LogP contribution in [0.3, 0.4) is 0 Å². The molecule has 1 N–H and O–H groups in total. The highest BCUT2D eigenvalue weighted by atomic mass is 32.1. The van der Waals surface area contributed by atoms with Gasteiger partial charge in [-0.1, -0.05) is 25.1 Å². The number of hydrogen-bond acceptors (Lipinski definition) is 5. The molecule has 0 bridgehead atoms. The van der Waals surface area contributed by atoms with Crippen LogP contribution in [-0.4, -0.2) is 16.9 Å². The molecule has 0 saturated carbocycles. The maximum absolute atomic E-state index is 12.8. The van der Waals surface area contributed by atoms with Crippen molar-refractivity contribution in [1.82, 2.24) is 4.98 Å². The molecule has 0 spiro atoms. The number of aryl methyl sites for hydroxylation is 2. The molecule has 1 unspecified atom stereocenters. The number of anilines is 2. The molecule has 5 nitrogen and oxygen atoms in total. The number of benzene rings is 1. The number of carbonyl (C=O) groups is 1. The number of thiazole rings is 1. The molecule has 1 atom stereocenters. The quantitative estimate of drug-likeness (QED) is 0.689. The van der Waals surface area contributed by atoms with Crippen LogP contribution in [0, 0.1) is 6.92 Å². The number of aromatic nitrogens is 1. The molecule has 27 heavy (non-hydrogen) atoms. The highest BCUT2D eigenvalue weighted by Crippen LogP contribution is 2.33. The summed E-state index contributed by atoms with van der Waals surface area (Å²) in [5, 5.41) is 3.57. The monoisotopic (exact) mass is 381 g/mol. The molecule has 0 saturated heterocycles. The first-order valence-corrected chi connectivity index (χ1v) is 10.1. The predicted molar refractivity (Wildman–Crippen MR) is 109 cm³/mol. The molecule has 0 fully saturated rings. The number of nitrogens with one attached hydrogen (secondary N) is 1. The lowest BCUT2D eigenvalue weighted by Gasteiger charge is -2.24. The Labute approximate surface area is 163 Å². The van der Waals surface area contributed by atoms with Crippen molar-refractivity contribution < 1.29 is 9.21 Å². The Morgan fingerprint density at radius 2 is 2.19 bits per heavy atom. The van der Waals surface area contributed by atoms with Gasteiger partial charge in [0.15, 0.2) is 5.13 Å². The Morgan fingerprint density at radius 3 is 2.96 bits per heavy atom. The van der Waals surface area contributed by atoms with Crippen LogP contribution in [0.2, 0.25) is 0 Å². The molecule has 140 valence electrons. The second-order valence-corrected chi connectivity index (χ2v) is 8.10. The summed E-state index contributed by atoms with van der Waals surface area (Å²) in [5.74, 6) is 0.510. The Bertz CT molecular complexity index is 975. The highest BCUT2D eigenvalue weighted by Gasteiger charge is 2.28. The summed E-state index contributed by atoms with van der Waals surface area (Å²) in [6, 6.07) is 10.5. The van der Waals surface area contributed by atoms with Gasteiger partial charge >= 0.3 is 0 Å². The zero-order chi connectivity index (χ0) is 19.0. The van der Waals surface area contributed by atoms with Crippen molar-refractivity contribution in [2.24, 2.45) is 0 Å². The van der Waals surface area contributed by atoms with Crippen LogP contribution in [0.25, 0.3) is 0 Å². The van der Waals surface area contributed by atoms with E-state index in [1.807, 2.05) is 6.92 Å². The summed E-state index contributed by atoms with van der Waals surface area (Å²) in [7, 11) is 0. The number of carbonyl (C=O) groups excluding carboxylic acids is 1. The van der Waals surface area contributed by atoms with Crippen molar-refractivity contribution in [3.8, 4) is 0 Å². The molecular weight excluding hydrogens is 358 g/mol. The summed E-state index contributed by atoms with van der Waals surface area (Å²) >= 11 is 1.51. The van der Waals surface area contributed by atoms with Gasteiger partial charge in [0.2, 0.25) is 0 Å². The number of furan rings is 1. The van der Waals surface area contributed by atoms with Crippen molar-refractivity contribution in [1.29, 1.82) is 0 Å². The topological polar surface area (TPSA) is 58.4 Å². The van der Waals surface area contributed by atoms with Crippen LogP contribution in [0.1, 0.15) is 46.1 Å². The van der Waals surface area contributed by atoms with E-state index in [2.05, 4.69) is 53.3 Å². The molecule has 0 aliphatic carbocycles. The fourth-order valence-electron chi connectivity index (χ4n) is 3.66. The van der Waals surface area contributed by atoms with Gasteiger partial charge in [-0.15, -0.1) is 11.3 Å². The average Bonchev–Trinajstić information content (AvgIpc) is 3.33. The van der Waals surface area contributed by atoms with Crippen LogP contribution in [0.4, 0.5) is 10.8 Å². The summed E-state index contributed by atoms with van der Waals surface area (Å²) in [5.41, 5.74) is 4.16. The first kappa shape index (κ1) is 17.8. The van der Waals surface area contributed by atoms with Crippen molar-refractivity contribution in [3.05, 3.63) is 64.1 Å². The summed E-state index contributed by atoms with van der Waals surface area (Å²) in [6.07, 6.45) is 3.46. The minimum Gasteiger partial charge on any atom is -0.467 e. The van der Waals surface area contributed by atoms with Crippen LogP contribution < -0.4 is 10.2 Å². The lowest BCUT2D eigenvalue weighted by Crippen LogP contribution is -2.29. The van der Waals surface area contributed by atoms with E-state index in [0.29, 0.717) is 29.0 Å². The van der Waals surface area contributed by atoms with Crippen molar-refractivity contribution in [3.63, 3.8) is 0 Å². The summed E-state index contributed by atoms with van der Waals surface area (Å²) in [4.78, 5) is 20.7. The van der Waals surface area contributed by atoms with Crippen LogP contribution >= 0.6 is 11.3 Å². The van der Waals surface area contributed by atoms with E-state index in [0.717, 1.165) is 23.4 Å². The van der Waals surface area contributed by atoms with Gasteiger partial charge in [-0.2, -0.15) is 0 Å². The molecule has 1 amide bonds. The largest absolute Gasteiger partial charge is 0.467 e. The maximum Gasteiger partial charge on any atom is 0.261 e. The SMILES string of the molecule is CCc1nc(NC(=O)c2ccoc2CN2c3ccccc3CC2C)sc1C. The van der Waals surface area contributed by atoms with Crippen LogP contribution in [0.15, 0.2) is 41.0 Å². The zero-order valence-corrected chi connectivity index (χ0v) is 16.6. The van der Waals surface area contributed by atoms with Crippen molar-refractivity contribution in [2.45, 2.75) is 46.2 Å². The summed E-state index contributed by atoms with van der Waals surface area (Å²) in [6.45, 7) is 6.87. The first-order valence-electron chi connectivity index (χ1n) is 9.25. The molecule has 6 heteroatoms. The van der Waals surface area contributed by atoms with Gasteiger partial charge in [0.1, 0.15) is 5.76 Å². The molecule has 2 aromatic heterocycles. The van der Waals surface area contributed by atoms with Gasteiger partial charge in [-0.05, 0) is 44.4 Å². The Kier molecular flexibility index (Phi) is 4.74.